The van der Waals surface area contributed by atoms with Crippen molar-refractivity contribution in [1.82, 2.24) is 9.78 Å². The largest absolute Gasteiger partial charge is 0.379 e. The lowest BCUT2D eigenvalue weighted by Crippen LogP contribution is -2.26. The van der Waals surface area contributed by atoms with Crippen molar-refractivity contribution in [3.63, 3.8) is 0 Å². The molecule has 16 heavy (non-hydrogen) atoms. The van der Waals surface area contributed by atoms with E-state index in [9.17, 15) is 0 Å². The second-order valence-corrected chi connectivity index (χ2v) is 5.60. The molecule has 2 aliphatic rings. The molecule has 0 aliphatic heterocycles. The zero-order valence-electron chi connectivity index (χ0n) is 10.5. The molecular formula is C13H21N3. The van der Waals surface area contributed by atoms with Gasteiger partial charge in [0.2, 0.25) is 0 Å². The van der Waals surface area contributed by atoms with E-state index in [1.54, 1.807) is 0 Å². The molecule has 3 atom stereocenters. The Morgan fingerprint density at radius 1 is 1.25 bits per heavy atom. The van der Waals surface area contributed by atoms with Crippen molar-refractivity contribution >= 4 is 5.69 Å². The van der Waals surface area contributed by atoms with E-state index >= 15 is 0 Å². The lowest BCUT2D eigenvalue weighted by Gasteiger charge is -2.24. The molecule has 0 radical (unpaired) electrons. The minimum absolute atomic E-state index is 0.709. The summed E-state index contributed by atoms with van der Waals surface area (Å²) in [6.45, 7) is 4.25. The Morgan fingerprint density at radius 2 is 2.06 bits per heavy atom. The van der Waals surface area contributed by atoms with Crippen LogP contribution in [0.4, 0.5) is 5.69 Å². The third-order valence-electron chi connectivity index (χ3n) is 4.58. The van der Waals surface area contributed by atoms with E-state index in [0.29, 0.717) is 6.04 Å². The Kier molecular flexibility index (Phi) is 2.23. The topological polar surface area (TPSA) is 29.9 Å². The van der Waals surface area contributed by atoms with Crippen molar-refractivity contribution in [3.05, 3.63) is 11.4 Å². The number of nitrogens with one attached hydrogen (secondary N) is 1. The predicted octanol–water partition coefficient (Wildman–Crippen LogP) is 2.64. The van der Waals surface area contributed by atoms with Crippen LogP contribution < -0.4 is 5.32 Å². The highest BCUT2D eigenvalue weighted by Crippen LogP contribution is 2.45. The summed E-state index contributed by atoms with van der Waals surface area (Å²) in [6.07, 6.45) is 5.73. The molecule has 88 valence electrons. The average Bonchev–Trinajstić information content (AvgIpc) is 2.90. The lowest BCUT2D eigenvalue weighted by atomic mass is 9.95. The number of nitrogens with zero attached hydrogens (tertiary/aromatic N) is 2. The van der Waals surface area contributed by atoms with Crippen molar-refractivity contribution in [3.8, 4) is 0 Å². The van der Waals surface area contributed by atoms with Gasteiger partial charge in [0.25, 0.3) is 0 Å². The highest BCUT2D eigenvalue weighted by atomic mass is 15.3. The van der Waals surface area contributed by atoms with Gasteiger partial charge in [0, 0.05) is 13.1 Å². The van der Waals surface area contributed by atoms with Gasteiger partial charge in [-0.15, -0.1) is 0 Å². The van der Waals surface area contributed by atoms with Gasteiger partial charge < -0.3 is 5.32 Å². The molecule has 2 saturated carbocycles. The van der Waals surface area contributed by atoms with E-state index in [1.165, 1.54) is 37.1 Å². The van der Waals surface area contributed by atoms with Gasteiger partial charge in [-0.1, -0.05) is 6.42 Å². The third kappa shape index (κ3) is 1.45. The fraction of sp³-hybridized carbons (Fsp3) is 0.769. The fourth-order valence-corrected chi connectivity index (χ4v) is 3.59. The Labute approximate surface area is 97.2 Å². The number of hydrogen-bond acceptors (Lipinski definition) is 2. The minimum atomic E-state index is 0.709. The molecule has 1 aromatic rings. The smallest absolute Gasteiger partial charge is 0.0827 e. The second-order valence-electron chi connectivity index (χ2n) is 5.60. The van der Waals surface area contributed by atoms with Crippen LogP contribution in [0.2, 0.25) is 0 Å². The van der Waals surface area contributed by atoms with Crippen LogP contribution in [0.15, 0.2) is 0 Å². The summed E-state index contributed by atoms with van der Waals surface area (Å²) < 4.78 is 1.98. The van der Waals surface area contributed by atoms with Crippen LogP contribution in [0.1, 0.15) is 37.1 Å². The molecule has 3 heteroatoms. The fourth-order valence-electron chi connectivity index (χ4n) is 3.59. The van der Waals surface area contributed by atoms with Gasteiger partial charge in [0.05, 0.1) is 17.1 Å². The summed E-state index contributed by atoms with van der Waals surface area (Å²) in [4.78, 5) is 0. The van der Waals surface area contributed by atoms with Crippen molar-refractivity contribution in [2.75, 3.05) is 5.32 Å². The first kappa shape index (κ1) is 10.2. The van der Waals surface area contributed by atoms with Crippen LogP contribution in [0.5, 0.6) is 0 Å². The first-order chi connectivity index (χ1) is 7.65. The van der Waals surface area contributed by atoms with Crippen molar-refractivity contribution in [1.29, 1.82) is 0 Å². The van der Waals surface area contributed by atoms with Gasteiger partial charge >= 0.3 is 0 Å². The van der Waals surface area contributed by atoms with Crippen molar-refractivity contribution in [2.24, 2.45) is 18.9 Å². The molecule has 3 rings (SSSR count). The second kappa shape index (κ2) is 3.51. The molecule has 2 aliphatic carbocycles. The maximum absolute atomic E-state index is 4.47. The van der Waals surface area contributed by atoms with Gasteiger partial charge in [-0.3, -0.25) is 4.68 Å². The summed E-state index contributed by atoms with van der Waals surface area (Å²) in [6, 6.07) is 0.709. The van der Waals surface area contributed by atoms with Crippen LogP contribution in [0, 0.1) is 25.7 Å². The van der Waals surface area contributed by atoms with E-state index in [1.807, 2.05) is 11.7 Å². The summed E-state index contributed by atoms with van der Waals surface area (Å²) >= 11 is 0. The maximum atomic E-state index is 4.47. The van der Waals surface area contributed by atoms with Crippen LogP contribution in [0.25, 0.3) is 0 Å². The molecule has 1 N–H and O–H groups in total. The molecule has 0 spiro atoms. The molecule has 0 amide bonds. The number of aryl methyl sites for hydroxylation is 2. The lowest BCUT2D eigenvalue weighted by molar-refractivity contribution is 0.439. The van der Waals surface area contributed by atoms with Crippen LogP contribution in [0.3, 0.4) is 0 Å². The van der Waals surface area contributed by atoms with Crippen molar-refractivity contribution in [2.45, 2.75) is 45.6 Å². The summed E-state index contributed by atoms with van der Waals surface area (Å²) in [5, 5.41) is 8.22. The number of fused-ring (bicyclic) bond motifs is 2. The number of rotatable bonds is 2. The summed E-state index contributed by atoms with van der Waals surface area (Å²) in [5.41, 5.74) is 3.68. The number of anilines is 1. The Bertz CT molecular complexity index is 408. The zero-order chi connectivity index (χ0) is 11.3. The van der Waals surface area contributed by atoms with Gasteiger partial charge in [0.1, 0.15) is 0 Å². The molecule has 2 bridgehead atoms. The van der Waals surface area contributed by atoms with Gasteiger partial charge in [-0.05, 0) is 44.9 Å². The highest BCUT2D eigenvalue weighted by Gasteiger charge is 2.39. The number of hydrogen-bond donors (Lipinski definition) is 1. The normalized spacial score (nSPS) is 32.3. The molecule has 1 heterocycles. The van der Waals surface area contributed by atoms with Crippen LogP contribution in [-0.4, -0.2) is 15.8 Å². The quantitative estimate of drug-likeness (QED) is 0.828. The molecule has 1 aromatic heterocycles. The van der Waals surface area contributed by atoms with Gasteiger partial charge in [-0.2, -0.15) is 5.10 Å². The highest BCUT2D eigenvalue weighted by molar-refractivity contribution is 5.53. The van der Waals surface area contributed by atoms with E-state index in [-0.39, 0.29) is 0 Å². The zero-order valence-corrected chi connectivity index (χ0v) is 10.5. The summed E-state index contributed by atoms with van der Waals surface area (Å²) in [5.74, 6) is 1.92. The maximum Gasteiger partial charge on any atom is 0.0827 e. The SMILES string of the molecule is Cc1nn(C)c(C)c1N[C@H]1C[C@H]2CC[C@H]1C2. The van der Waals surface area contributed by atoms with E-state index in [2.05, 4.69) is 24.3 Å². The molecule has 0 aromatic carbocycles. The standard InChI is InChI=1S/C13H21N3/c1-8-13(9(2)16(3)15-8)14-12-7-10-4-5-11(12)6-10/h10-12,14H,4-7H2,1-3H3/t10-,11-,12-/m0/s1. The molecular weight excluding hydrogens is 198 g/mol. The number of aromatic nitrogens is 2. The molecule has 0 unspecified atom stereocenters. The first-order valence-corrected chi connectivity index (χ1v) is 6.42. The van der Waals surface area contributed by atoms with Gasteiger partial charge in [-0.25, -0.2) is 0 Å². The van der Waals surface area contributed by atoms with Crippen molar-refractivity contribution < 1.29 is 0 Å². The Hall–Kier alpha value is -0.990. The van der Waals surface area contributed by atoms with E-state index < -0.39 is 0 Å². The Morgan fingerprint density at radius 3 is 2.56 bits per heavy atom. The van der Waals surface area contributed by atoms with E-state index in [4.69, 9.17) is 0 Å². The molecule has 0 saturated heterocycles. The van der Waals surface area contributed by atoms with Crippen LogP contribution in [-0.2, 0) is 7.05 Å². The third-order valence-corrected chi connectivity index (χ3v) is 4.58. The molecule has 2 fully saturated rings. The molecule has 3 nitrogen and oxygen atoms in total. The average molecular weight is 219 g/mol. The first-order valence-electron chi connectivity index (χ1n) is 6.42. The predicted molar refractivity (Wildman–Crippen MR) is 65.5 cm³/mol. The monoisotopic (exact) mass is 219 g/mol. The Balaban J connectivity index is 1.79. The van der Waals surface area contributed by atoms with Crippen LogP contribution >= 0.6 is 0 Å². The van der Waals surface area contributed by atoms with Gasteiger partial charge in [0.15, 0.2) is 0 Å². The summed E-state index contributed by atoms with van der Waals surface area (Å²) in [7, 11) is 2.02. The van der Waals surface area contributed by atoms with E-state index in [0.717, 1.165) is 17.5 Å². The minimum Gasteiger partial charge on any atom is -0.379 e.